The Morgan fingerprint density at radius 1 is 1.35 bits per heavy atom. The van der Waals surface area contributed by atoms with Gasteiger partial charge in [0, 0.05) is 6.54 Å². The van der Waals surface area contributed by atoms with Crippen molar-refractivity contribution in [1.29, 1.82) is 0 Å². The molecule has 0 bridgehead atoms. The van der Waals surface area contributed by atoms with Gasteiger partial charge < -0.3 is 10.7 Å². The third-order valence-corrected chi connectivity index (χ3v) is 5.01. The number of rotatable bonds is 4. The first kappa shape index (κ1) is 16.5. The van der Waals surface area contributed by atoms with Crippen molar-refractivity contribution in [1.82, 2.24) is 24.6 Å². The maximum absolute atomic E-state index is 12.4. The lowest BCUT2D eigenvalue weighted by Crippen LogP contribution is -2.37. The van der Waals surface area contributed by atoms with E-state index in [4.69, 9.17) is 5.73 Å². The SMILES string of the molecule is CC1(C(N)=O)CCN(Cc2nc3c(cnn3-c3ccccc3)c(=O)[nH]2)C1. The maximum atomic E-state index is 12.4. The number of nitrogens with two attached hydrogens (primary N) is 1. The smallest absolute Gasteiger partial charge is 0.262 e. The third-order valence-electron chi connectivity index (χ3n) is 5.01. The van der Waals surface area contributed by atoms with Gasteiger partial charge in [-0.3, -0.25) is 14.5 Å². The summed E-state index contributed by atoms with van der Waals surface area (Å²) in [5.74, 6) is 0.257. The number of nitrogens with one attached hydrogen (secondary N) is 1. The number of carbonyl (C=O) groups excluding carboxylic acids is 1. The van der Waals surface area contributed by atoms with E-state index in [2.05, 4.69) is 20.0 Å². The largest absolute Gasteiger partial charge is 0.369 e. The molecule has 8 heteroatoms. The van der Waals surface area contributed by atoms with E-state index in [1.54, 1.807) is 4.68 Å². The highest BCUT2D eigenvalue weighted by molar-refractivity contribution is 5.81. The number of hydrogen-bond donors (Lipinski definition) is 2. The molecule has 1 unspecified atom stereocenters. The van der Waals surface area contributed by atoms with Crippen LogP contribution < -0.4 is 11.3 Å². The molecule has 1 aliphatic rings. The summed E-state index contributed by atoms with van der Waals surface area (Å²) in [5, 5.41) is 4.75. The number of H-pyrrole nitrogens is 1. The van der Waals surface area contributed by atoms with Crippen LogP contribution in [0.1, 0.15) is 19.2 Å². The lowest BCUT2D eigenvalue weighted by atomic mass is 9.89. The van der Waals surface area contributed by atoms with E-state index in [0.717, 1.165) is 12.2 Å². The van der Waals surface area contributed by atoms with E-state index in [-0.39, 0.29) is 11.5 Å². The van der Waals surface area contributed by atoms with Crippen LogP contribution in [0.2, 0.25) is 0 Å². The van der Waals surface area contributed by atoms with Gasteiger partial charge in [-0.1, -0.05) is 18.2 Å². The van der Waals surface area contributed by atoms with Crippen molar-refractivity contribution in [2.75, 3.05) is 13.1 Å². The molecule has 4 rings (SSSR count). The average molecular weight is 352 g/mol. The van der Waals surface area contributed by atoms with Crippen LogP contribution in [-0.4, -0.2) is 43.6 Å². The van der Waals surface area contributed by atoms with Crippen LogP contribution in [0, 0.1) is 5.41 Å². The molecule has 0 saturated carbocycles. The number of nitrogens with zero attached hydrogens (tertiary/aromatic N) is 4. The van der Waals surface area contributed by atoms with Crippen LogP contribution >= 0.6 is 0 Å². The number of para-hydroxylation sites is 1. The Labute approximate surface area is 149 Å². The van der Waals surface area contributed by atoms with E-state index in [0.29, 0.717) is 36.4 Å². The van der Waals surface area contributed by atoms with Crippen LogP contribution in [0.25, 0.3) is 16.7 Å². The fraction of sp³-hybridized carbons (Fsp3) is 0.333. The summed E-state index contributed by atoms with van der Waals surface area (Å²) in [6, 6.07) is 9.56. The van der Waals surface area contributed by atoms with Crippen molar-refractivity contribution in [2.45, 2.75) is 19.9 Å². The summed E-state index contributed by atoms with van der Waals surface area (Å²) in [6.45, 7) is 3.62. The van der Waals surface area contributed by atoms with Gasteiger partial charge in [0.15, 0.2) is 5.65 Å². The van der Waals surface area contributed by atoms with Crippen molar-refractivity contribution in [2.24, 2.45) is 11.1 Å². The molecule has 1 aliphatic heterocycles. The molecule has 0 radical (unpaired) electrons. The molecule has 0 spiro atoms. The van der Waals surface area contributed by atoms with Gasteiger partial charge in [-0.15, -0.1) is 0 Å². The summed E-state index contributed by atoms with van der Waals surface area (Å²) in [5.41, 5.74) is 6.12. The van der Waals surface area contributed by atoms with E-state index >= 15 is 0 Å². The zero-order chi connectivity index (χ0) is 18.3. The Morgan fingerprint density at radius 3 is 2.81 bits per heavy atom. The Hall–Kier alpha value is -3.00. The minimum Gasteiger partial charge on any atom is -0.369 e. The summed E-state index contributed by atoms with van der Waals surface area (Å²) in [7, 11) is 0. The van der Waals surface area contributed by atoms with Gasteiger partial charge >= 0.3 is 0 Å². The van der Waals surface area contributed by atoms with E-state index < -0.39 is 5.41 Å². The number of aromatic amines is 1. The maximum Gasteiger partial charge on any atom is 0.262 e. The number of likely N-dealkylation sites (tertiary alicyclic amines) is 1. The molecule has 1 aromatic carbocycles. The standard InChI is InChI=1S/C18H20N6O2/c1-18(17(19)26)7-8-23(11-18)10-14-21-15-13(16(25)22-14)9-20-24(15)12-5-3-2-4-6-12/h2-6,9H,7-8,10-11H2,1H3,(H2,19,26)(H,21,22,25). The number of benzene rings is 1. The van der Waals surface area contributed by atoms with Crippen LogP contribution in [0.4, 0.5) is 0 Å². The second-order valence-electron chi connectivity index (χ2n) is 7.03. The lowest BCUT2D eigenvalue weighted by Gasteiger charge is -2.20. The van der Waals surface area contributed by atoms with E-state index in [1.165, 1.54) is 6.20 Å². The molecule has 8 nitrogen and oxygen atoms in total. The molecule has 26 heavy (non-hydrogen) atoms. The Kier molecular flexibility index (Phi) is 3.84. The van der Waals surface area contributed by atoms with Crippen LogP contribution in [0.5, 0.6) is 0 Å². The Morgan fingerprint density at radius 2 is 2.12 bits per heavy atom. The van der Waals surface area contributed by atoms with Crippen molar-refractivity contribution in [3.63, 3.8) is 0 Å². The van der Waals surface area contributed by atoms with Gasteiger partial charge in [-0.05, 0) is 32.0 Å². The average Bonchev–Trinajstić information content (AvgIpc) is 3.21. The number of primary amides is 1. The minimum atomic E-state index is -0.532. The van der Waals surface area contributed by atoms with E-state index in [9.17, 15) is 9.59 Å². The van der Waals surface area contributed by atoms with Crippen molar-refractivity contribution < 1.29 is 4.79 Å². The monoisotopic (exact) mass is 352 g/mol. The van der Waals surface area contributed by atoms with Crippen molar-refractivity contribution in [3.05, 3.63) is 52.7 Å². The number of aromatic nitrogens is 4. The fourth-order valence-electron chi connectivity index (χ4n) is 3.40. The zero-order valence-corrected chi connectivity index (χ0v) is 14.5. The molecule has 1 atom stereocenters. The van der Waals surface area contributed by atoms with Crippen molar-refractivity contribution >= 4 is 16.9 Å². The first-order valence-corrected chi connectivity index (χ1v) is 8.51. The molecular formula is C18H20N6O2. The Bertz CT molecular complexity index is 1030. The summed E-state index contributed by atoms with van der Waals surface area (Å²) < 4.78 is 1.66. The minimum absolute atomic E-state index is 0.218. The fourth-order valence-corrected chi connectivity index (χ4v) is 3.40. The highest BCUT2D eigenvalue weighted by Crippen LogP contribution is 2.30. The number of hydrogen-bond acceptors (Lipinski definition) is 5. The normalized spacial score (nSPS) is 20.7. The predicted octanol–water partition coefficient (Wildman–Crippen LogP) is 0.806. The summed E-state index contributed by atoms with van der Waals surface area (Å²) in [4.78, 5) is 33.6. The van der Waals surface area contributed by atoms with Crippen LogP contribution in [0.3, 0.4) is 0 Å². The molecule has 2 aromatic heterocycles. The molecule has 1 saturated heterocycles. The number of carbonyl (C=O) groups is 1. The van der Waals surface area contributed by atoms with Gasteiger partial charge in [0.05, 0.1) is 23.8 Å². The highest BCUT2D eigenvalue weighted by atomic mass is 16.1. The summed E-state index contributed by atoms with van der Waals surface area (Å²) in [6.07, 6.45) is 2.23. The van der Waals surface area contributed by atoms with Gasteiger partial charge in [0.25, 0.3) is 5.56 Å². The molecule has 3 heterocycles. The molecule has 134 valence electrons. The quantitative estimate of drug-likeness (QED) is 0.722. The first-order chi connectivity index (χ1) is 12.5. The van der Waals surface area contributed by atoms with Gasteiger partial charge in [0.2, 0.25) is 5.91 Å². The van der Waals surface area contributed by atoms with Crippen LogP contribution in [0.15, 0.2) is 41.3 Å². The molecular weight excluding hydrogens is 332 g/mol. The second-order valence-corrected chi connectivity index (χ2v) is 7.03. The predicted molar refractivity (Wildman–Crippen MR) is 96.7 cm³/mol. The van der Waals surface area contributed by atoms with Gasteiger partial charge in [-0.2, -0.15) is 5.10 Å². The third kappa shape index (κ3) is 2.78. The Balaban J connectivity index is 1.67. The molecule has 3 N–H and O–H groups in total. The highest BCUT2D eigenvalue weighted by Gasteiger charge is 2.38. The number of fused-ring (bicyclic) bond motifs is 1. The zero-order valence-electron chi connectivity index (χ0n) is 14.5. The topological polar surface area (TPSA) is 110 Å². The molecule has 0 aliphatic carbocycles. The first-order valence-electron chi connectivity index (χ1n) is 8.51. The molecule has 1 amide bonds. The van der Waals surface area contributed by atoms with Crippen LogP contribution in [-0.2, 0) is 11.3 Å². The van der Waals surface area contributed by atoms with Crippen molar-refractivity contribution in [3.8, 4) is 5.69 Å². The molecule has 3 aromatic rings. The second kappa shape index (κ2) is 6.06. The summed E-state index contributed by atoms with van der Waals surface area (Å²) >= 11 is 0. The molecule has 1 fully saturated rings. The number of amides is 1. The lowest BCUT2D eigenvalue weighted by molar-refractivity contribution is -0.126. The van der Waals surface area contributed by atoms with Gasteiger partial charge in [0.1, 0.15) is 11.2 Å². The van der Waals surface area contributed by atoms with Gasteiger partial charge in [-0.25, -0.2) is 9.67 Å². The van der Waals surface area contributed by atoms with E-state index in [1.807, 2.05) is 37.3 Å².